The van der Waals surface area contributed by atoms with Gasteiger partial charge in [0.05, 0.1) is 5.69 Å². The molecule has 0 saturated carbocycles. The zero-order chi connectivity index (χ0) is 14.8. The van der Waals surface area contributed by atoms with Crippen LogP contribution in [0, 0.1) is 0 Å². The monoisotopic (exact) mass is 351 g/mol. The standard InChI is InChI=1S/C17H26BrN3/c1-13(19-2)14-5-6-17(16(18)11-14)21-10-7-15(12-21)20-8-3-4-9-20/h5-6,11,13,15,19H,3-4,7-10,12H2,1-2H3. The van der Waals surface area contributed by atoms with Gasteiger partial charge in [0.25, 0.3) is 0 Å². The number of nitrogens with zero attached hydrogens (tertiary/aromatic N) is 2. The maximum atomic E-state index is 3.78. The molecule has 0 radical (unpaired) electrons. The van der Waals surface area contributed by atoms with E-state index in [1.54, 1.807) is 0 Å². The summed E-state index contributed by atoms with van der Waals surface area (Å²) in [6, 6.07) is 7.95. The summed E-state index contributed by atoms with van der Waals surface area (Å²) >= 11 is 3.78. The summed E-state index contributed by atoms with van der Waals surface area (Å²) in [5.74, 6) is 0. The second-order valence-corrected chi connectivity index (χ2v) is 7.21. The van der Waals surface area contributed by atoms with Gasteiger partial charge in [-0.3, -0.25) is 4.90 Å². The number of nitrogens with one attached hydrogen (secondary N) is 1. The zero-order valence-electron chi connectivity index (χ0n) is 13.1. The lowest BCUT2D eigenvalue weighted by Crippen LogP contribution is -2.35. The summed E-state index contributed by atoms with van der Waals surface area (Å²) in [5, 5.41) is 3.30. The van der Waals surface area contributed by atoms with Crippen LogP contribution in [0.5, 0.6) is 0 Å². The summed E-state index contributed by atoms with van der Waals surface area (Å²) in [7, 11) is 2.01. The van der Waals surface area contributed by atoms with Gasteiger partial charge in [-0.05, 0) is 79.9 Å². The van der Waals surface area contributed by atoms with Crippen molar-refractivity contribution in [2.75, 3.05) is 38.1 Å². The molecule has 0 bridgehead atoms. The predicted octanol–water partition coefficient (Wildman–Crippen LogP) is 3.40. The maximum absolute atomic E-state index is 3.78. The second-order valence-electron chi connectivity index (χ2n) is 6.35. The first-order chi connectivity index (χ1) is 10.2. The SMILES string of the molecule is CNC(C)c1ccc(N2CCC(N3CCCC3)C2)c(Br)c1. The Morgan fingerprint density at radius 2 is 2.00 bits per heavy atom. The van der Waals surface area contributed by atoms with E-state index in [9.17, 15) is 0 Å². The molecule has 2 unspecified atom stereocenters. The highest BCUT2D eigenvalue weighted by Crippen LogP contribution is 2.33. The summed E-state index contributed by atoms with van der Waals surface area (Å²) in [6.07, 6.45) is 4.08. The van der Waals surface area contributed by atoms with Crippen LogP contribution < -0.4 is 10.2 Å². The van der Waals surface area contributed by atoms with Crippen molar-refractivity contribution in [3.63, 3.8) is 0 Å². The van der Waals surface area contributed by atoms with Crippen LogP contribution in [0.4, 0.5) is 5.69 Å². The first-order valence-corrected chi connectivity index (χ1v) is 8.94. The van der Waals surface area contributed by atoms with Gasteiger partial charge in [0.15, 0.2) is 0 Å². The van der Waals surface area contributed by atoms with Crippen LogP contribution in [0.25, 0.3) is 0 Å². The van der Waals surface area contributed by atoms with Crippen LogP contribution in [0.1, 0.15) is 37.8 Å². The van der Waals surface area contributed by atoms with E-state index >= 15 is 0 Å². The Kier molecular flexibility index (Phi) is 4.87. The summed E-state index contributed by atoms with van der Waals surface area (Å²) in [6.45, 7) is 7.16. The Morgan fingerprint density at radius 3 is 2.67 bits per heavy atom. The second kappa shape index (κ2) is 6.67. The van der Waals surface area contributed by atoms with E-state index in [0.29, 0.717) is 6.04 Å². The van der Waals surface area contributed by atoms with Gasteiger partial charge < -0.3 is 10.2 Å². The zero-order valence-corrected chi connectivity index (χ0v) is 14.7. The molecule has 21 heavy (non-hydrogen) atoms. The van der Waals surface area contributed by atoms with Gasteiger partial charge in [0, 0.05) is 29.6 Å². The fourth-order valence-corrected chi connectivity index (χ4v) is 4.23. The van der Waals surface area contributed by atoms with Crippen molar-refractivity contribution < 1.29 is 0 Å². The molecule has 3 rings (SSSR count). The molecular formula is C17H26BrN3. The summed E-state index contributed by atoms with van der Waals surface area (Å²) < 4.78 is 1.23. The van der Waals surface area contributed by atoms with Crippen molar-refractivity contribution in [2.45, 2.75) is 38.3 Å². The Bertz CT molecular complexity index is 485. The van der Waals surface area contributed by atoms with Crippen molar-refractivity contribution in [1.29, 1.82) is 0 Å². The minimum absolute atomic E-state index is 0.395. The average molecular weight is 352 g/mol. The Balaban J connectivity index is 1.69. The first kappa shape index (κ1) is 15.3. The summed E-state index contributed by atoms with van der Waals surface area (Å²) in [5.41, 5.74) is 2.69. The molecule has 0 aromatic heterocycles. The number of benzene rings is 1. The molecule has 2 saturated heterocycles. The smallest absolute Gasteiger partial charge is 0.0511 e. The molecule has 0 amide bonds. The first-order valence-electron chi connectivity index (χ1n) is 8.14. The van der Waals surface area contributed by atoms with Crippen LogP contribution in [0.15, 0.2) is 22.7 Å². The molecule has 2 aliphatic rings. The lowest BCUT2D eigenvalue weighted by molar-refractivity contribution is 0.260. The van der Waals surface area contributed by atoms with Crippen LogP contribution in [-0.2, 0) is 0 Å². The Morgan fingerprint density at radius 1 is 1.24 bits per heavy atom. The van der Waals surface area contributed by atoms with E-state index in [4.69, 9.17) is 0 Å². The molecule has 1 N–H and O–H groups in total. The predicted molar refractivity (Wildman–Crippen MR) is 93.0 cm³/mol. The largest absolute Gasteiger partial charge is 0.369 e. The number of halogens is 1. The number of hydrogen-bond donors (Lipinski definition) is 1. The van der Waals surface area contributed by atoms with E-state index < -0.39 is 0 Å². The number of hydrogen-bond acceptors (Lipinski definition) is 3. The fraction of sp³-hybridized carbons (Fsp3) is 0.647. The minimum Gasteiger partial charge on any atom is -0.369 e. The molecular weight excluding hydrogens is 326 g/mol. The molecule has 3 nitrogen and oxygen atoms in total. The third-order valence-electron chi connectivity index (χ3n) is 5.07. The highest BCUT2D eigenvalue weighted by Gasteiger charge is 2.30. The summed E-state index contributed by atoms with van der Waals surface area (Å²) in [4.78, 5) is 5.23. The highest BCUT2D eigenvalue weighted by atomic mass is 79.9. The molecule has 2 aliphatic heterocycles. The number of rotatable bonds is 4. The quantitative estimate of drug-likeness (QED) is 0.896. The van der Waals surface area contributed by atoms with Crippen molar-refractivity contribution >= 4 is 21.6 Å². The van der Waals surface area contributed by atoms with E-state index in [1.807, 2.05) is 7.05 Å². The van der Waals surface area contributed by atoms with Gasteiger partial charge in [0.2, 0.25) is 0 Å². The molecule has 116 valence electrons. The number of likely N-dealkylation sites (tertiary alicyclic amines) is 1. The molecule has 2 atom stereocenters. The Hall–Kier alpha value is -0.580. The maximum Gasteiger partial charge on any atom is 0.0511 e. The molecule has 2 heterocycles. The van der Waals surface area contributed by atoms with Gasteiger partial charge in [-0.1, -0.05) is 6.07 Å². The van der Waals surface area contributed by atoms with Crippen LogP contribution in [0.3, 0.4) is 0 Å². The van der Waals surface area contributed by atoms with Crippen molar-refractivity contribution in [3.8, 4) is 0 Å². The van der Waals surface area contributed by atoms with E-state index in [-0.39, 0.29) is 0 Å². The molecule has 0 aliphatic carbocycles. The van der Waals surface area contributed by atoms with Crippen molar-refractivity contribution in [3.05, 3.63) is 28.2 Å². The molecule has 2 fully saturated rings. The topological polar surface area (TPSA) is 18.5 Å². The lowest BCUT2D eigenvalue weighted by Gasteiger charge is -2.25. The minimum atomic E-state index is 0.395. The van der Waals surface area contributed by atoms with Crippen LogP contribution >= 0.6 is 15.9 Å². The lowest BCUT2D eigenvalue weighted by atomic mass is 10.1. The van der Waals surface area contributed by atoms with Gasteiger partial charge in [-0.25, -0.2) is 0 Å². The van der Waals surface area contributed by atoms with E-state index in [0.717, 1.165) is 6.04 Å². The fourth-order valence-electron chi connectivity index (χ4n) is 3.58. The highest BCUT2D eigenvalue weighted by molar-refractivity contribution is 9.10. The molecule has 1 aromatic rings. The van der Waals surface area contributed by atoms with Gasteiger partial charge in [-0.15, -0.1) is 0 Å². The molecule has 4 heteroatoms. The third kappa shape index (κ3) is 3.27. The molecule has 0 spiro atoms. The molecule has 1 aromatic carbocycles. The van der Waals surface area contributed by atoms with Crippen molar-refractivity contribution in [2.24, 2.45) is 0 Å². The van der Waals surface area contributed by atoms with Gasteiger partial charge >= 0.3 is 0 Å². The van der Waals surface area contributed by atoms with Crippen LogP contribution in [-0.4, -0.2) is 44.2 Å². The van der Waals surface area contributed by atoms with Crippen molar-refractivity contribution in [1.82, 2.24) is 10.2 Å². The third-order valence-corrected chi connectivity index (χ3v) is 5.70. The average Bonchev–Trinajstić information content (AvgIpc) is 3.16. The van der Waals surface area contributed by atoms with Gasteiger partial charge in [0.1, 0.15) is 0 Å². The van der Waals surface area contributed by atoms with E-state index in [2.05, 4.69) is 56.2 Å². The van der Waals surface area contributed by atoms with Crippen LogP contribution in [0.2, 0.25) is 0 Å². The normalized spacial score (nSPS) is 24.7. The Labute approximate surface area is 136 Å². The van der Waals surface area contributed by atoms with E-state index in [1.165, 1.54) is 61.2 Å². The number of anilines is 1. The van der Waals surface area contributed by atoms with Gasteiger partial charge in [-0.2, -0.15) is 0 Å².